The van der Waals surface area contributed by atoms with Gasteiger partial charge in [0.1, 0.15) is 6.10 Å². The van der Waals surface area contributed by atoms with Crippen LogP contribution in [0.1, 0.15) is 11.3 Å². The Kier molecular flexibility index (Phi) is 3.48. The predicted octanol–water partition coefficient (Wildman–Crippen LogP) is 1.88. The molecular weight excluding hydrogens is 346 g/mol. The van der Waals surface area contributed by atoms with E-state index in [2.05, 4.69) is 21.4 Å². The molecule has 1 saturated heterocycles. The Labute approximate surface area is 155 Å². The van der Waals surface area contributed by atoms with Crippen molar-refractivity contribution in [3.05, 3.63) is 54.0 Å². The second-order valence-electron chi connectivity index (χ2n) is 6.80. The standard InChI is InChI=1S/C19H17N5O3/c1-11-9-23(22-21-11)18-5-3-13(8-20-18)12-2-4-15-14(6-12)7-16-17(10-25)27-19(26)24(15)16/h2-6,8-9,16-17,25H,7,10H2,1H3. The molecule has 0 radical (unpaired) electrons. The lowest BCUT2D eigenvalue weighted by atomic mass is 10.0. The Morgan fingerprint density at radius 2 is 2.11 bits per heavy atom. The van der Waals surface area contributed by atoms with Gasteiger partial charge in [-0.15, -0.1) is 5.10 Å². The van der Waals surface area contributed by atoms with E-state index in [0.717, 1.165) is 28.1 Å². The number of anilines is 1. The summed E-state index contributed by atoms with van der Waals surface area (Å²) in [4.78, 5) is 18.2. The summed E-state index contributed by atoms with van der Waals surface area (Å²) < 4.78 is 6.86. The molecule has 1 aromatic carbocycles. The fourth-order valence-corrected chi connectivity index (χ4v) is 3.77. The van der Waals surface area contributed by atoms with E-state index in [-0.39, 0.29) is 18.7 Å². The number of rotatable bonds is 3. The highest BCUT2D eigenvalue weighted by molar-refractivity contribution is 5.94. The predicted molar refractivity (Wildman–Crippen MR) is 96.7 cm³/mol. The van der Waals surface area contributed by atoms with Crippen LogP contribution in [0.2, 0.25) is 0 Å². The Balaban J connectivity index is 1.45. The van der Waals surface area contributed by atoms with Gasteiger partial charge in [-0.05, 0) is 48.7 Å². The molecule has 8 nitrogen and oxygen atoms in total. The number of aromatic nitrogens is 4. The molecular formula is C19H17N5O3. The van der Waals surface area contributed by atoms with E-state index in [1.54, 1.807) is 15.8 Å². The fourth-order valence-electron chi connectivity index (χ4n) is 3.77. The van der Waals surface area contributed by atoms with Crippen molar-refractivity contribution in [3.8, 4) is 16.9 Å². The topological polar surface area (TPSA) is 93.4 Å². The van der Waals surface area contributed by atoms with Crippen LogP contribution in [-0.4, -0.2) is 49.9 Å². The van der Waals surface area contributed by atoms with Crippen LogP contribution in [0.3, 0.4) is 0 Å². The highest BCUT2D eigenvalue weighted by Crippen LogP contribution is 2.40. The third-order valence-corrected chi connectivity index (χ3v) is 5.08. The van der Waals surface area contributed by atoms with Gasteiger partial charge in [-0.2, -0.15) is 0 Å². The molecule has 0 aliphatic carbocycles. The second-order valence-corrected chi connectivity index (χ2v) is 6.80. The molecule has 4 heterocycles. The number of amides is 1. The number of hydrogen-bond acceptors (Lipinski definition) is 6. The average Bonchev–Trinajstić information content (AvgIpc) is 3.36. The Morgan fingerprint density at radius 3 is 2.81 bits per heavy atom. The van der Waals surface area contributed by atoms with Crippen LogP contribution in [0.4, 0.5) is 10.5 Å². The van der Waals surface area contributed by atoms with E-state index in [4.69, 9.17) is 4.74 Å². The van der Waals surface area contributed by atoms with E-state index < -0.39 is 6.10 Å². The van der Waals surface area contributed by atoms with E-state index in [9.17, 15) is 9.90 Å². The van der Waals surface area contributed by atoms with Crippen molar-refractivity contribution in [2.24, 2.45) is 0 Å². The summed E-state index contributed by atoms with van der Waals surface area (Å²) in [6.07, 6.45) is 3.43. The number of carbonyl (C=O) groups is 1. The summed E-state index contributed by atoms with van der Waals surface area (Å²) in [5.74, 6) is 0.703. The van der Waals surface area contributed by atoms with Gasteiger partial charge < -0.3 is 9.84 Å². The zero-order chi connectivity index (χ0) is 18.5. The summed E-state index contributed by atoms with van der Waals surface area (Å²) in [6.45, 7) is 1.71. The van der Waals surface area contributed by atoms with Gasteiger partial charge in [0.25, 0.3) is 0 Å². The van der Waals surface area contributed by atoms with Crippen LogP contribution in [0.15, 0.2) is 42.7 Å². The summed E-state index contributed by atoms with van der Waals surface area (Å²) in [5, 5.41) is 17.4. The lowest BCUT2D eigenvalue weighted by molar-refractivity contribution is 0.0830. The van der Waals surface area contributed by atoms with Gasteiger partial charge in [-0.3, -0.25) is 4.90 Å². The molecule has 136 valence electrons. The number of cyclic esters (lactones) is 1. The van der Waals surface area contributed by atoms with Crippen molar-refractivity contribution in [3.63, 3.8) is 0 Å². The van der Waals surface area contributed by atoms with Gasteiger partial charge in [-0.1, -0.05) is 11.3 Å². The van der Waals surface area contributed by atoms with Crippen LogP contribution in [0, 0.1) is 6.92 Å². The maximum absolute atomic E-state index is 12.1. The molecule has 2 aliphatic rings. The van der Waals surface area contributed by atoms with Gasteiger partial charge in [0.05, 0.1) is 30.2 Å². The van der Waals surface area contributed by atoms with Gasteiger partial charge >= 0.3 is 6.09 Å². The molecule has 2 atom stereocenters. The molecule has 8 heteroatoms. The lowest BCUT2D eigenvalue weighted by Crippen LogP contribution is -2.34. The monoisotopic (exact) mass is 363 g/mol. The largest absolute Gasteiger partial charge is 0.441 e. The normalized spacial score (nSPS) is 20.5. The summed E-state index contributed by atoms with van der Waals surface area (Å²) in [7, 11) is 0. The zero-order valence-corrected chi connectivity index (χ0v) is 14.6. The minimum absolute atomic E-state index is 0.135. The van der Waals surface area contributed by atoms with Crippen LogP contribution < -0.4 is 4.90 Å². The van der Waals surface area contributed by atoms with Crippen molar-refractivity contribution in [2.45, 2.75) is 25.5 Å². The maximum Gasteiger partial charge on any atom is 0.415 e. The first-order chi connectivity index (χ1) is 13.1. The quantitative estimate of drug-likeness (QED) is 0.764. The maximum atomic E-state index is 12.1. The fraction of sp³-hybridized carbons (Fsp3) is 0.263. The Hall–Kier alpha value is -3.26. The van der Waals surface area contributed by atoms with Gasteiger partial charge in [0, 0.05) is 11.8 Å². The second kappa shape index (κ2) is 5.88. The summed E-state index contributed by atoms with van der Waals surface area (Å²) in [5.41, 5.74) is 4.76. The van der Waals surface area contributed by atoms with Crippen LogP contribution in [-0.2, 0) is 11.2 Å². The number of carbonyl (C=O) groups excluding carboxylic acids is 1. The van der Waals surface area contributed by atoms with Gasteiger partial charge in [0.15, 0.2) is 5.82 Å². The SMILES string of the molecule is Cc1cn(-c2ccc(-c3ccc4c(c3)CC3C(CO)OC(=O)N43)cn2)nn1. The number of aliphatic hydroxyl groups excluding tert-OH is 1. The van der Waals surface area contributed by atoms with E-state index in [0.29, 0.717) is 12.2 Å². The van der Waals surface area contributed by atoms with E-state index in [1.807, 2.05) is 37.4 Å². The molecule has 0 spiro atoms. The number of hydrogen-bond donors (Lipinski definition) is 1. The first-order valence-electron chi connectivity index (χ1n) is 8.73. The molecule has 1 amide bonds. The van der Waals surface area contributed by atoms with E-state index in [1.165, 1.54) is 0 Å². The molecule has 5 rings (SSSR count). The summed E-state index contributed by atoms with van der Waals surface area (Å²) >= 11 is 0. The number of fused-ring (bicyclic) bond motifs is 3. The zero-order valence-electron chi connectivity index (χ0n) is 14.6. The Bertz CT molecular complexity index is 1030. The third-order valence-electron chi connectivity index (χ3n) is 5.08. The summed E-state index contributed by atoms with van der Waals surface area (Å²) in [6, 6.07) is 9.72. The van der Waals surface area contributed by atoms with Gasteiger partial charge in [-0.25, -0.2) is 14.5 Å². The number of benzene rings is 1. The molecule has 0 bridgehead atoms. The average molecular weight is 363 g/mol. The number of aliphatic hydroxyl groups is 1. The van der Waals surface area contributed by atoms with Crippen LogP contribution in [0.25, 0.3) is 16.9 Å². The number of nitrogens with zero attached hydrogens (tertiary/aromatic N) is 5. The van der Waals surface area contributed by atoms with Crippen molar-refractivity contribution >= 4 is 11.8 Å². The number of ether oxygens (including phenoxy) is 1. The molecule has 2 aliphatic heterocycles. The minimum Gasteiger partial charge on any atom is -0.441 e. The minimum atomic E-state index is -0.472. The van der Waals surface area contributed by atoms with Crippen LogP contribution in [0.5, 0.6) is 0 Å². The van der Waals surface area contributed by atoms with Crippen molar-refractivity contribution in [2.75, 3.05) is 11.5 Å². The van der Waals surface area contributed by atoms with Crippen molar-refractivity contribution < 1.29 is 14.6 Å². The molecule has 2 unspecified atom stereocenters. The van der Waals surface area contributed by atoms with Crippen LogP contribution >= 0.6 is 0 Å². The highest BCUT2D eigenvalue weighted by atomic mass is 16.6. The first-order valence-corrected chi connectivity index (χ1v) is 8.73. The Morgan fingerprint density at radius 1 is 1.26 bits per heavy atom. The highest BCUT2D eigenvalue weighted by Gasteiger charge is 2.47. The smallest absolute Gasteiger partial charge is 0.415 e. The van der Waals surface area contributed by atoms with Gasteiger partial charge in [0.2, 0.25) is 0 Å². The molecule has 0 saturated carbocycles. The number of aryl methyl sites for hydroxylation is 1. The lowest BCUT2D eigenvalue weighted by Gasteiger charge is -2.14. The molecule has 3 aromatic rings. The third kappa shape index (κ3) is 2.48. The molecule has 27 heavy (non-hydrogen) atoms. The molecule has 2 aromatic heterocycles. The van der Waals surface area contributed by atoms with Crippen molar-refractivity contribution in [1.82, 2.24) is 20.0 Å². The van der Waals surface area contributed by atoms with Crippen molar-refractivity contribution in [1.29, 1.82) is 0 Å². The number of pyridine rings is 1. The molecule has 1 N–H and O–H groups in total. The first kappa shape index (κ1) is 16.0. The van der Waals surface area contributed by atoms with E-state index >= 15 is 0 Å². The molecule has 1 fully saturated rings.